The summed E-state index contributed by atoms with van der Waals surface area (Å²) in [5, 5.41) is 0. The molecule has 4 heteroatoms. The number of benzene rings is 2. The third-order valence-electron chi connectivity index (χ3n) is 6.28. The van der Waals surface area contributed by atoms with Gasteiger partial charge in [-0.05, 0) is 71.0 Å². The van der Waals surface area contributed by atoms with Gasteiger partial charge in [0.15, 0.2) is 0 Å². The summed E-state index contributed by atoms with van der Waals surface area (Å²) in [7, 11) is 0.580. The van der Waals surface area contributed by atoms with Crippen LogP contribution in [0.5, 0.6) is 11.5 Å². The van der Waals surface area contributed by atoms with Crippen LogP contribution in [0, 0.1) is 0 Å². The van der Waals surface area contributed by atoms with E-state index in [9.17, 15) is 0 Å². The molecule has 3 heterocycles. The molecular weight excluding hydrogens is 432 g/mol. The Hall–Kier alpha value is -1.26. The summed E-state index contributed by atoms with van der Waals surface area (Å²) in [6.07, 6.45) is 15.1. The van der Waals surface area contributed by atoms with E-state index in [1.165, 1.54) is 73.6 Å². The molecule has 0 aliphatic carbocycles. The molecule has 2 aromatic carbocycles. The zero-order chi connectivity index (χ0) is 22.2. The monoisotopic (exact) mass is 472 g/mol. The Labute approximate surface area is 201 Å². The van der Waals surface area contributed by atoms with Crippen molar-refractivity contribution in [3.8, 4) is 11.5 Å². The van der Waals surface area contributed by atoms with Crippen LogP contribution in [0.3, 0.4) is 0 Å². The molecule has 0 unspecified atom stereocenters. The number of hydrogen-bond donors (Lipinski definition) is 0. The fourth-order valence-corrected chi connectivity index (χ4v) is 7.99. The second kappa shape index (κ2) is 12.3. The maximum Gasteiger partial charge on any atom is 0.133 e. The van der Waals surface area contributed by atoms with E-state index in [0.717, 1.165) is 47.7 Å². The molecule has 0 amide bonds. The summed E-state index contributed by atoms with van der Waals surface area (Å²) in [6, 6.07) is 14.1. The minimum Gasteiger partial charge on any atom is -0.494 e. The fourth-order valence-electron chi connectivity index (χ4n) is 4.84. The van der Waals surface area contributed by atoms with E-state index in [0.29, 0.717) is 21.8 Å². The number of hydrogen-bond acceptors (Lipinski definition) is 2. The van der Waals surface area contributed by atoms with Crippen molar-refractivity contribution in [1.82, 2.24) is 0 Å². The molecule has 3 aliphatic heterocycles. The first-order valence-electron chi connectivity index (χ1n) is 12.3. The SMILES string of the molecule is C[S+]1Cc2cc3cc(c2)OCCCCCCCCCCOc2cc(cc(c2)C[S+](C)C3)C1. The predicted molar refractivity (Wildman–Crippen MR) is 142 cm³/mol. The Morgan fingerprint density at radius 2 is 0.781 bits per heavy atom. The molecule has 0 radical (unpaired) electrons. The van der Waals surface area contributed by atoms with E-state index in [4.69, 9.17) is 9.47 Å². The standard InChI is InChI=1S/C28H40O2S2/c1-31-19-23-13-25-17-27(15-23)29-11-9-7-5-3-4-6-8-10-12-30-28-16-24(20-31)14-26(18-28)22-32(2)21-25/h13-18H,3-12,19-22H2,1-2H3/q+2. The Morgan fingerprint density at radius 1 is 0.469 bits per heavy atom. The molecule has 0 spiro atoms. The lowest BCUT2D eigenvalue weighted by molar-refractivity contribution is 0.300. The quantitative estimate of drug-likeness (QED) is 0.393. The van der Waals surface area contributed by atoms with Crippen molar-refractivity contribution in [3.63, 3.8) is 0 Å². The van der Waals surface area contributed by atoms with E-state index in [1.807, 2.05) is 0 Å². The first kappa shape index (κ1) is 23.9. The molecular formula is C28H40O2S2+2. The van der Waals surface area contributed by atoms with Gasteiger partial charge in [0.2, 0.25) is 0 Å². The van der Waals surface area contributed by atoms with Gasteiger partial charge < -0.3 is 9.47 Å². The van der Waals surface area contributed by atoms with Gasteiger partial charge in [-0.15, -0.1) is 0 Å². The lowest BCUT2D eigenvalue weighted by Crippen LogP contribution is -2.12. The Morgan fingerprint density at radius 3 is 1.12 bits per heavy atom. The van der Waals surface area contributed by atoms with Crippen LogP contribution in [-0.2, 0) is 44.8 Å². The molecule has 0 saturated carbocycles. The van der Waals surface area contributed by atoms with Crippen LogP contribution < -0.4 is 9.47 Å². The maximum absolute atomic E-state index is 6.26. The third kappa shape index (κ3) is 7.66. The minimum absolute atomic E-state index is 0.290. The topological polar surface area (TPSA) is 18.5 Å². The molecule has 3 aliphatic rings. The third-order valence-corrected chi connectivity index (χ3v) is 9.59. The Kier molecular flexibility index (Phi) is 9.16. The van der Waals surface area contributed by atoms with Gasteiger partial charge in [-0.1, -0.05) is 38.5 Å². The summed E-state index contributed by atoms with van der Waals surface area (Å²) in [6.45, 7) is 1.70. The van der Waals surface area contributed by atoms with Gasteiger partial charge in [-0.3, -0.25) is 0 Å². The molecule has 0 saturated heterocycles. The molecule has 32 heavy (non-hydrogen) atoms. The van der Waals surface area contributed by atoms with Crippen LogP contribution >= 0.6 is 0 Å². The molecule has 2 nitrogen and oxygen atoms in total. The highest BCUT2D eigenvalue weighted by atomic mass is 32.2. The van der Waals surface area contributed by atoms with Gasteiger partial charge >= 0.3 is 0 Å². The zero-order valence-electron chi connectivity index (χ0n) is 20.0. The number of ether oxygens (including phenoxy) is 2. The lowest BCUT2D eigenvalue weighted by Gasteiger charge is -2.15. The van der Waals surface area contributed by atoms with Crippen molar-refractivity contribution < 1.29 is 9.47 Å². The second-order valence-corrected chi connectivity index (χ2v) is 13.9. The Balaban J connectivity index is 1.60. The number of fused-ring (bicyclic) bond motifs is 15. The van der Waals surface area contributed by atoms with Crippen LogP contribution in [0.2, 0.25) is 0 Å². The van der Waals surface area contributed by atoms with E-state index in [2.05, 4.69) is 48.9 Å². The molecule has 0 fully saturated rings. The summed E-state index contributed by atoms with van der Waals surface area (Å²) in [5.41, 5.74) is 5.78. The van der Waals surface area contributed by atoms with Crippen LogP contribution in [0.1, 0.15) is 73.6 Å². The van der Waals surface area contributed by atoms with E-state index < -0.39 is 0 Å². The van der Waals surface area contributed by atoms with Crippen molar-refractivity contribution in [3.05, 3.63) is 58.7 Å². The Bertz CT molecular complexity index is 747. The van der Waals surface area contributed by atoms with Crippen molar-refractivity contribution in [2.45, 2.75) is 74.4 Å². The molecule has 0 N–H and O–H groups in total. The molecule has 6 bridgehead atoms. The van der Waals surface area contributed by atoms with E-state index in [1.54, 1.807) is 0 Å². The van der Waals surface area contributed by atoms with E-state index in [-0.39, 0.29) is 0 Å². The second-order valence-electron chi connectivity index (χ2n) is 9.64. The average molecular weight is 473 g/mol. The smallest absolute Gasteiger partial charge is 0.133 e. The zero-order valence-corrected chi connectivity index (χ0v) is 21.6. The summed E-state index contributed by atoms with van der Waals surface area (Å²) in [5.74, 6) is 6.68. The fraction of sp³-hybridized carbons (Fsp3) is 0.571. The highest BCUT2D eigenvalue weighted by Gasteiger charge is 2.21. The van der Waals surface area contributed by atoms with Gasteiger partial charge in [0.25, 0.3) is 0 Å². The summed E-state index contributed by atoms with van der Waals surface area (Å²) < 4.78 is 12.5. The molecule has 0 aromatic heterocycles. The average Bonchev–Trinajstić information content (AvgIpc) is 2.72. The summed E-state index contributed by atoms with van der Waals surface area (Å²) >= 11 is 0. The van der Waals surface area contributed by atoms with Crippen molar-refractivity contribution in [2.24, 2.45) is 0 Å². The van der Waals surface area contributed by atoms with Gasteiger partial charge in [0, 0.05) is 22.3 Å². The van der Waals surface area contributed by atoms with Gasteiger partial charge in [0.05, 0.1) is 25.7 Å². The van der Waals surface area contributed by atoms with Crippen LogP contribution in [0.15, 0.2) is 36.4 Å². The largest absolute Gasteiger partial charge is 0.494 e. The van der Waals surface area contributed by atoms with E-state index >= 15 is 0 Å². The van der Waals surface area contributed by atoms with Crippen molar-refractivity contribution >= 4 is 21.8 Å². The van der Waals surface area contributed by atoms with Gasteiger partial charge in [-0.2, -0.15) is 0 Å². The van der Waals surface area contributed by atoms with Gasteiger partial charge in [-0.25, -0.2) is 0 Å². The van der Waals surface area contributed by atoms with Gasteiger partial charge in [0.1, 0.15) is 34.5 Å². The first-order valence-corrected chi connectivity index (χ1v) is 16.3. The summed E-state index contributed by atoms with van der Waals surface area (Å²) in [4.78, 5) is 0. The van der Waals surface area contributed by atoms with Crippen molar-refractivity contribution in [1.29, 1.82) is 0 Å². The molecule has 2 aromatic rings. The highest BCUT2D eigenvalue weighted by molar-refractivity contribution is 7.95. The van der Waals surface area contributed by atoms with Crippen LogP contribution in [0.25, 0.3) is 0 Å². The van der Waals surface area contributed by atoms with Crippen LogP contribution in [-0.4, -0.2) is 25.7 Å². The molecule has 174 valence electrons. The molecule has 0 atom stereocenters. The highest BCUT2D eigenvalue weighted by Crippen LogP contribution is 2.27. The maximum atomic E-state index is 6.26. The first-order chi connectivity index (χ1) is 15.6. The predicted octanol–water partition coefficient (Wildman–Crippen LogP) is 6.79. The van der Waals surface area contributed by atoms with Crippen LogP contribution in [0.4, 0.5) is 0 Å². The minimum atomic E-state index is 0.290. The van der Waals surface area contributed by atoms with Crippen molar-refractivity contribution in [2.75, 3.05) is 25.7 Å². The number of rotatable bonds is 0. The molecule has 5 rings (SSSR count). The lowest BCUT2D eigenvalue weighted by atomic mass is 10.1. The normalized spacial score (nSPS) is 23.3.